The summed E-state index contributed by atoms with van der Waals surface area (Å²) in [6, 6.07) is 10.4. The largest absolute Gasteiger partial charge is 0.394 e. The molecule has 1 unspecified atom stereocenters. The Balaban J connectivity index is 2.68. The summed E-state index contributed by atoms with van der Waals surface area (Å²) in [5.74, 6) is 0.708. The average Bonchev–Trinajstić information content (AvgIpc) is 2.46. The summed E-state index contributed by atoms with van der Waals surface area (Å²) in [5.41, 5.74) is 0.554. The zero-order chi connectivity index (χ0) is 15.7. The Morgan fingerprint density at radius 2 is 1.81 bits per heavy atom. The Hall–Kier alpha value is -0.900. The van der Waals surface area contributed by atoms with Gasteiger partial charge in [0.1, 0.15) is 0 Å². The van der Waals surface area contributed by atoms with Crippen LogP contribution in [0.2, 0.25) is 0 Å². The smallest absolute Gasteiger partial charge is 0.0907 e. The van der Waals surface area contributed by atoms with Gasteiger partial charge in [-0.25, -0.2) is 0 Å². The zero-order valence-electron chi connectivity index (χ0n) is 13.9. The SMILES string of the molecule is CC(C)CCCOCC(CO)(NC(C)C)c1ccccc1. The van der Waals surface area contributed by atoms with E-state index in [-0.39, 0.29) is 12.6 Å². The van der Waals surface area contributed by atoms with Crippen LogP contribution in [0.5, 0.6) is 0 Å². The Morgan fingerprint density at radius 3 is 2.33 bits per heavy atom. The van der Waals surface area contributed by atoms with Crippen molar-refractivity contribution >= 4 is 0 Å². The number of rotatable bonds is 10. The summed E-state index contributed by atoms with van der Waals surface area (Å²) in [6.07, 6.45) is 2.24. The molecule has 3 heteroatoms. The molecule has 0 radical (unpaired) electrons. The molecule has 0 aromatic heterocycles. The van der Waals surface area contributed by atoms with Crippen molar-refractivity contribution in [2.75, 3.05) is 19.8 Å². The van der Waals surface area contributed by atoms with Gasteiger partial charge in [-0.2, -0.15) is 0 Å². The molecule has 0 aliphatic rings. The third-order valence-corrected chi connectivity index (χ3v) is 3.58. The van der Waals surface area contributed by atoms with E-state index in [4.69, 9.17) is 4.74 Å². The van der Waals surface area contributed by atoms with Gasteiger partial charge in [-0.3, -0.25) is 0 Å². The highest BCUT2D eigenvalue weighted by Gasteiger charge is 2.32. The molecule has 0 fully saturated rings. The van der Waals surface area contributed by atoms with Crippen molar-refractivity contribution in [2.45, 2.75) is 52.1 Å². The maximum absolute atomic E-state index is 9.98. The van der Waals surface area contributed by atoms with Gasteiger partial charge in [0.25, 0.3) is 0 Å². The second kappa shape index (κ2) is 9.19. The Morgan fingerprint density at radius 1 is 1.14 bits per heavy atom. The van der Waals surface area contributed by atoms with Gasteiger partial charge in [0.15, 0.2) is 0 Å². The molecule has 0 amide bonds. The number of aliphatic hydroxyl groups is 1. The van der Waals surface area contributed by atoms with E-state index in [9.17, 15) is 5.11 Å². The number of aliphatic hydroxyl groups excluding tert-OH is 1. The standard InChI is InChI=1S/C18H31NO2/c1-15(2)9-8-12-21-14-18(13-20,19-16(3)4)17-10-6-5-7-11-17/h5-7,10-11,15-16,19-20H,8-9,12-14H2,1-4H3. The van der Waals surface area contributed by atoms with Crippen LogP contribution in [0.1, 0.15) is 46.1 Å². The van der Waals surface area contributed by atoms with Crippen LogP contribution < -0.4 is 5.32 Å². The van der Waals surface area contributed by atoms with E-state index in [1.165, 1.54) is 6.42 Å². The van der Waals surface area contributed by atoms with E-state index < -0.39 is 5.54 Å². The average molecular weight is 293 g/mol. The molecule has 21 heavy (non-hydrogen) atoms. The highest BCUT2D eigenvalue weighted by atomic mass is 16.5. The number of hydrogen-bond acceptors (Lipinski definition) is 3. The first kappa shape index (κ1) is 18.1. The molecule has 0 aliphatic carbocycles. The van der Waals surface area contributed by atoms with Crippen LogP contribution in [0.3, 0.4) is 0 Å². The number of nitrogens with one attached hydrogen (secondary N) is 1. The highest BCUT2D eigenvalue weighted by Crippen LogP contribution is 2.22. The van der Waals surface area contributed by atoms with Gasteiger partial charge in [0.05, 0.1) is 18.8 Å². The Labute approximate surface area is 129 Å². The lowest BCUT2D eigenvalue weighted by Gasteiger charge is -2.35. The molecule has 0 spiro atoms. The van der Waals surface area contributed by atoms with Gasteiger partial charge in [0, 0.05) is 12.6 Å². The lowest BCUT2D eigenvalue weighted by Crippen LogP contribution is -2.52. The van der Waals surface area contributed by atoms with Gasteiger partial charge in [0.2, 0.25) is 0 Å². The van der Waals surface area contributed by atoms with Gasteiger partial charge in [-0.1, -0.05) is 44.2 Å². The topological polar surface area (TPSA) is 41.5 Å². The van der Waals surface area contributed by atoms with Crippen LogP contribution in [0.4, 0.5) is 0 Å². The molecule has 0 saturated heterocycles. The molecule has 1 aromatic carbocycles. The van der Waals surface area contributed by atoms with Crippen molar-refractivity contribution in [3.63, 3.8) is 0 Å². The van der Waals surface area contributed by atoms with Gasteiger partial charge in [-0.05, 0) is 38.2 Å². The fourth-order valence-electron chi connectivity index (χ4n) is 2.54. The minimum absolute atomic E-state index is 0.0272. The van der Waals surface area contributed by atoms with Gasteiger partial charge in [-0.15, -0.1) is 0 Å². The summed E-state index contributed by atoms with van der Waals surface area (Å²) in [4.78, 5) is 0. The second-order valence-corrected chi connectivity index (χ2v) is 6.49. The summed E-state index contributed by atoms with van der Waals surface area (Å²) in [6.45, 7) is 9.89. The number of benzene rings is 1. The molecule has 3 nitrogen and oxygen atoms in total. The van der Waals surface area contributed by atoms with Crippen LogP contribution in [0.25, 0.3) is 0 Å². The lowest BCUT2D eigenvalue weighted by molar-refractivity contribution is 0.0268. The van der Waals surface area contributed by atoms with Gasteiger partial charge >= 0.3 is 0 Å². The van der Waals surface area contributed by atoms with Crippen LogP contribution in [-0.2, 0) is 10.3 Å². The molecule has 1 rings (SSSR count). The van der Waals surface area contributed by atoms with Crippen molar-refractivity contribution in [1.82, 2.24) is 5.32 Å². The normalized spacial score (nSPS) is 14.6. The minimum atomic E-state index is -0.521. The van der Waals surface area contributed by atoms with Crippen molar-refractivity contribution in [1.29, 1.82) is 0 Å². The molecule has 0 aliphatic heterocycles. The summed E-state index contributed by atoms with van der Waals surface area (Å²) in [5, 5.41) is 13.5. The molecule has 0 heterocycles. The first-order valence-corrected chi connectivity index (χ1v) is 8.02. The van der Waals surface area contributed by atoms with Gasteiger partial charge < -0.3 is 15.2 Å². The fourth-order valence-corrected chi connectivity index (χ4v) is 2.54. The monoisotopic (exact) mass is 293 g/mol. The van der Waals surface area contributed by atoms with Crippen LogP contribution in [0, 0.1) is 5.92 Å². The fraction of sp³-hybridized carbons (Fsp3) is 0.667. The van der Waals surface area contributed by atoms with E-state index in [0.717, 1.165) is 18.6 Å². The third kappa shape index (κ3) is 6.16. The zero-order valence-corrected chi connectivity index (χ0v) is 13.9. The van der Waals surface area contributed by atoms with E-state index in [0.29, 0.717) is 12.5 Å². The molecular formula is C18H31NO2. The molecule has 1 aromatic rings. The van der Waals surface area contributed by atoms with E-state index >= 15 is 0 Å². The summed E-state index contributed by atoms with van der Waals surface area (Å²) >= 11 is 0. The van der Waals surface area contributed by atoms with Crippen molar-refractivity contribution in [3.05, 3.63) is 35.9 Å². The molecule has 0 bridgehead atoms. The summed E-state index contributed by atoms with van der Waals surface area (Å²) < 4.78 is 5.87. The minimum Gasteiger partial charge on any atom is -0.394 e. The van der Waals surface area contributed by atoms with Crippen molar-refractivity contribution in [2.24, 2.45) is 5.92 Å². The predicted molar refractivity (Wildman–Crippen MR) is 88.4 cm³/mol. The maximum atomic E-state index is 9.98. The number of ether oxygens (including phenoxy) is 1. The second-order valence-electron chi connectivity index (χ2n) is 6.49. The molecule has 120 valence electrons. The molecular weight excluding hydrogens is 262 g/mol. The van der Waals surface area contributed by atoms with Crippen LogP contribution >= 0.6 is 0 Å². The predicted octanol–water partition coefficient (Wildman–Crippen LogP) is 3.33. The van der Waals surface area contributed by atoms with Crippen LogP contribution in [0.15, 0.2) is 30.3 Å². The summed E-state index contributed by atoms with van der Waals surface area (Å²) in [7, 11) is 0. The third-order valence-electron chi connectivity index (χ3n) is 3.58. The highest BCUT2D eigenvalue weighted by molar-refractivity contribution is 5.25. The van der Waals surface area contributed by atoms with Crippen molar-refractivity contribution in [3.8, 4) is 0 Å². The Bertz CT molecular complexity index is 378. The van der Waals surface area contributed by atoms with E-state index in [1.54, 1.807) is 0 Å². The van der Waals surface area contributed by atoms with Crippen molar-refractivity contribution < 1.29 is 9.84 Å². The molecule has 0 saturated carbocycles. The van der Waals surface area contributed by atoms with E-state index in [1.807, 2.05) is 30.3 Å². The first-order valence-electron chi connectivity index (χ1n) is 8.02. The maximum Gasteiger partial charge on any atom is 0.0907 e. The Kier molecular flexibility index (Phi) is 7.94. The quantitative estimate of drug-likeness (QED) is 0.650. The first-order chi connectivity index (χ1) is 10.00. The molecule has 1 atom stereocenters. The van der Waals surface area contributed by atoms with E-state index in [2.05, 4.69) is 33.0 Å². The van der Waals surface area contributed by atoms with Crippen LogP contribution in [-0.4, -0.2) is 31.0 Å². The number of hydrogen-bond donors (Lipinski definition) is 2. The lowest BCUT2D eigenvalue weighted by atomic mass is 9.90. The molecule has 2 N–H and O–H groups in total.